The smallest absolute Gasteiger partial charge is 0.0208 e. The summed E-state index contributed by atoms with van der Waals surface area (Å²) in [4.78, 5) is 0. The van der Waals surface area contributed by atoms with Crippen LogP contribution in [0.25, 0.3) is 0 Å². The minimum Gasteiger partial charge on any atom is -0.0993 e. The second-order valence-corrected chi connectivity index (χ2v) is 3.60. The Balaban J connectivity index is 4.12. The minimum atomic E-state index is 0.759. The Labute approximate surface area is 78.1 Å². The maximum atomic E-state index is 4.24. The Kier molecular flexibility index (Phi) is 6.14. The Morgan fingerprint density at radius 2 is 1.08 bits per heavy atom. The molecule has 0 unspecified atom stereocenters. The van der Waals surface area contributed by atoms with Crippen LogP contribution in [0, 0.1) is 11.8 Å². The van der Waals surface area contributed by atoms with E-state index in [0.717, 1.165) is 11.8 Å². The van der Waals surface area contributed by atoms with Crippen molar-refractivity contribution in [2.24, 2.45) is 11.8 Å². The zero-order valence-corrected chi connectivity index (χ0v) is 9.19. The first-order valence-corrected chi connectivity index (χ1v) is 5.39. The lowest BCUT2D eigenvalue weighted by molar-refractivity contribution is 0.458. The van der Waals surface area contributed by atoms with Crippen molar-refractivity contribution in [3.05, 3.63) is 12.2 Å². The van der Waals surface area contributed by atoms with Gasteiger partial charge in [-0.1, -0.05) is 39.8 Å². The molecule has 0 radical (unpaired) electrons. The van der Waals surface area contributed by atoms with E-state index in [4.69, 9.17) is 0 Å². The van der Waals surface area contributed by atoms with Crippen molar-refractivity contribution < 1.29 is 0 Å². The van der Waals surface area contributed by atoms with Gasteiger partial charge in [-0.2, -0.15) is 0 Å². The van der Waals surface area contributed by atoms with Crippen molar-refractivity contribution in [1.29, 1.82) is 0 Å². The highest BCUT2D eigenvalue weighted by atomic mass is 14.2. The average molecular weight is 168 g/mol. The summed E-state index contributed by atoms with van der Waals surface area (Å²) in [6, 6.07) is 0. The Hall–Kier alpha value is -0.260. The van der Waals surface area contributed by atoms with Crippen LogP contribution in [0.5, 0.6) is 0 Å². The van der Waals surface area contributed by atoms with Gasteiger partial charge in [-0.25, -0.2) is 0 Å². The van der Waals surface area contributed by atoms with Gasteiger partial charge in [0, 0.05) is 0 Å². The highest BCUT2D eigenvalue weighted by Gasteiger charge is 2.15. The molecule has 0 atom stereocenters. The van der Waals surface area contributed by atoms with E-state index in [1.54, 1.807) is 0 Å². The molecule has 0 aromatic rings. The van der Waals surface area contributed by atoms with Crippen LogP contribution in [-0.4, -0.2) is 0 Å². The van der Waals surface area contributed by atoms with Gasteiger partial charge in [0.15, 0.2) is 0 Å². The van der Waals surface area contributed by atoms with Crippen LogP contribution in [0.3, 0.4) is 0 Å². The van der Waals surface area contributed by atoms with Gasteiger partial charge < -0.3 is 0 Å². The van der Waals surface area contributed by atoms with E-state index in [9.17, 15) is 0 Å². The van der Waals surface area contributed by atoms with Crippen molar-refractivity contribution in [3.63, 3.8) is 0 Å². The molecule has 0 aliphatic carbocycles. The molecule has 0 rings (SSSR count). The molecule has 0 fully saturated rings. The van der Waals surface area contributed by atoms with Gasteiger partial charge in [-0.15, -0.1) is 0 Å². The molecule has 0 heterocycles. The third kappa shape index (κ3) is 3.00. The van der Waals surface area contributed by atoms with Crippen LogP contribution >= 0.6 is 0 Å². The van der Waals surface area contributed by atoms with E-state index in [1.165, 1.54) is 31.3 Å². The van der Waals surface area contributed by atoms with Crippen molar-refractivity contribution in [2.45, 2.75) is 53.4 Å². The van der Waals surface area contributed by atoms with E-state index in [2.05, 4.69) is 34.3 Å². The molecule has 0 nitrogen and oxygen atoms in total. The van der Waals surface area contributed by atoms with Gasteiger partial charge in [0.1, 0.15) is 0 Å². The Bertz CT molecular complexity index is 102. The van der Waals surface area contributed by atoms with Crippen molar-refractivity contribution >= 4 is 0 Å². The van der Waals surface area contributed by atoms with Crippen molar-refractivity contribution in [3.8, 4) is 0 Å². The molecule has 0 aliphatic heterocycles. The number of hydrogen-bond acceptors (Lipinski definition) is 0. The van der Waals surface area contributed by atoms with E-state index in [1.807, 2.05) is 0 Å². The molecular weight excluding hydrogens is 144 g/mol. The molecule has 0 saturated carbocycles. The summed E-state index contributed by atoms with van der Waals surface area (Å²) in [5, 5.41) is 0. The maximum Gasteiger partial charge on any atom is -0.0208 e. The third-order valence-corrected chi connectivity index (χ3v) is 3.02. The molecule has 0 N–H and O–H groups in total. The fraction of sp³-hybridized carbons (Fsp3) is 0.833. The molecular formula is C12H24. The van der Waals surface area contributed by atoms with Gasteiger partial charge in [0.25, 0.3) is 0 Å². The van der Waals surface area contributed by atoms with Crippen LogP contribution < -0.4 is 0 Å². The van der Waals surface area contributed by atoms with Crippen LogP contribution in [0.4, 0.5) is 0 Å². The van der Waals surface area contributed by atoms with Crippen molar-refractivity contribution in [2.75, 3.05) is 0 Å². The standard InChI is InChI=1S/C12H24/c1-6-11(7-2)10(5)12(8-3)9-4/h11-12H,5-9H2,1-4H3. The second kappa shape index (κ2) is 6.28. The summed E-state index contributed by atoms with van der Waals surface area (Å²) in [5.74, 6) is 1.52. The first-order chi connectivity index (χ1) is 5.71. The van der Waals surface area contributed by atoms with E-state index < -0.39 is 0 Å². The molecule has 0 saturated heterocycles. The molecule has 0 amide bonds. The molecule has 0 aliphatic rings. The predicted molar refractivity (Wildman–Crippen MR) is 57.3 cm³/mol. The van der Waals surface area contributed by atoms with E-state index in [0.29, 0.717) is 0 Å². The summed E-state index contributed by atoms with van der Waals surface area (Å²) >= 11 is 0. The quantitative estimate of drug-likeness (QED) is 0.515. The van der Waals surface area contributed by atoms with Gasteiger partial charge >= 0.3 is 0 Å². The monoisotopic (exact) mass is 168 g/mol. The van der Waals surface area contributed by atoms with Crippen LogP contribution in [0.15, 0.2) is 12.2 Å². The zero-order chi connectivity index (χ0) is 9.56. The van der Waals surface area contributed by atoms with Gasteiger partial charge in [-0.05, 0) is 37.5 Å². The highest BCUT2D eigenvalue weighted by Crippen LogP contribution is 2.28. The van der Waals surface area contributed by atoms with Crippen LogP contribution in [0.1, 0.15) is 53.4 Å². The minimum absolute atomic E-state index is 0.759. The van der Waals surface area contributed by atoms with Gasteiger partial charge in [0.05, 0.1) is 0 Å². The van der Waals surface area contributed by atoms with Crippen molar-refractivity contribution in [1.82, 2.24) is 0 Å². The number of allylic oxidation sites excluding steroid dienone is 1. The number of hydrogen-bond donors (Lipinski definition) is 0. The molecule has 0 spiro atoms. The van der Waals surface area contributed by atoms with E-state index in [-0.39, 0.29) is 0 Å². The van der Waals surface area contributed by atoms with Gasteiger partial charge in [0.2, 0.25) is 0 Å². The maximum absolute atomic E-state index is 4.24. The summed E-state index contributed by atoms with van der Waals surface area (Å²) in [6.45, 7) is 13.3. The lowest BCUT2D eigenvalue weighted by atomic mass is 9.83. The lowest BCUT2D eigenvalue weighted by Crippen LogP contribution is -2.10. The Morgan fingerprint density at radius 1 is 0.833 bits per heavy atom. The number of rotatable bonds is 6. The topological polar surface area (TPSA) is 0 Å². The molecule has 72 valence electrons. The highest BCUT2D eigenvalue weighted by molar-refractivity contribution is 5.04. The molecule has 0 aromatic carbocycles. The fourth-order valence-electron chi connectivity index (χ4n) is 1.96. The summed E-state index contributed by atoms with van der Waals surface area (Å²) in [7, 11) is 0. The second-order valence-electron chi connectivity index (χ2n) is 3.60. The molecule has 0 aromatic heterocycles. The van der Waals surface area contributed by atoms with Gasteiger partial charge in [-0.3, -0.25) is 0 Å². The molecule has 0 bridgehead atoms. The van der Waals surface area contributed by atoms with Crippen LogP contribution in [-0.2, 0) is 0 Å². The SMILES string of the molecule is C=C(C(CC)CC)C(CC)CC. The summed E-state index contributed by atoms with van der Waals surface area (Å²) < 4.78 is 0. The lowest BCUT2D eigenvalue weighted by Gasteiger charge is -2.23. The first-order valence-electron chi connectivity index (χ1n) is 5.39. The summed E-state index contributed by atoms with van der Waals surface area (Å²) in [5.41, 5.74) is 1.49. The zero-order valence-electron chi connectivity index (χ0n) is 9.19. The average Bonchev–Trinajstić information content (AvgIpc) is 2.09. The largest absolute Gasteiger partial charge is 0.0993 e. The molecule has 0 heteroatoms. The van der Waals surface area contributed by atoms with E-state index >= 15 is 0 Å². The predicted octanol–water partition coefficient (Wildman–Crippen LogP) is 4.42. The first kappa shape index (κ1) is 11.7. The third-order valence-electron chi connectivity index (χ3n) is 3.02. The Morgan fingerprint density at radius 3 is 1.25 bits per heavy atom. The van der Waals surface area contributed by atoms with Crippen LogP contribution in [0.2, 0.25) is 0 Å². The fourth-order valence-corrected chi connectivity index (χ4v) is 1.96. The normalized spacial score (nSPS) is 11.2. The summed E-state index contributed by atoms with van der Waals surface area (Å²) in [6.07, 6.45) is 5.02. The molecule has 12 heavy (non-hydrogen) atoms.